The second kappa shape index (κ2) is 20.3. The third kappa shape index (κ3) is 13.9. The third-order valence-electron chi connectivity index (χ3n) is 6.22. The molecule has 0 radical (unpaired) electrons. The minimum absolute atomic E-state index is 0. The van der Waals surface area contributed by atoms with Crippen LogP contribution in [0.4, 0.5) is 0 Å². The number of methoxy groups -OCH3 is 3. The smallest absolute Gasteiger partial charge is 0.161 e. The van der Waals surface area contributed by atoms with Gasteiger partial charge in [0.1, 0.15) is 0 Å². The van der Waals surface area contributed by atoms with E-state index in [1.807, 2.05) is 6.07 Å². The Morgan fingerprint density at radius 3 is 2.14 bits per heavy atom. The number of hydrogen-bond acceptors (Lipinski definition) is 7. The molecule has 7 nitrogen and oxygen atoms in total. The number of halogens is 2. The summed E-state index contributed by atoms with van der Waals surface area (Å²) in [7, 11) is 5.04. The van der Waals surface area contributed by atoms with Crippen LogP contribution in [0.1, 0.15) is 46.1 Å². The van der Waals surface area contributed by atoms with E-state index in [0.29, 0.717) is 44.2 Å². The molecule has 0 heterocycles. The van der Waals surface area contributed by atoms with Crippen LogP contribution < -0.4 is 15.2 Å². The van der Waals surface area contributed by atoms with Crippen molar-refractivity contribution in [1.82, 2.24) is 4.90 Å². The minimum Gasteiger partial charge on any atom is -0.493 e. The molecule has 1 rings (SSSR count). The number of benzene rings is 1. The molecule has 0 aliphatic heterocycles. The Labute approximate surface area is 225 Å². The van der Waals surface area contributed by atoms with E-state index < -0.39 is 6.10 Å². The Kier molecular flexibility index (Phi) is 21.1. The molecule has 208 valence electrons. The molecule has 3 N–H and O–H groups in total. The summed E-state index contributed by atoms with van der Waals surface area (Å²) in [5.41, 5.74) is 7.67. The van der Waals surface area contributed by atoms with Gasteiger partial charge in [0.05, 0.1) is 26.4 Å². The highest BCUT2D eigenvalue weighted by Crippen LogP contribution is 2.31. The average Bonchev–Trinajstić information content (AvgIpc) is 2.78. The first kappa shape index (κ1) is 36.4. The van der Waals surface area contributed by atoms with Gasteiger partial charge in [-0.25, -0.2) is 0 Å². The summed E-state index contributed by atoms with van der Waals surface area (Å²) in [5.74, 6) is 2.26. The number of nitrogens with two attached hydrogens (primary N) is 1. The van der Waals surface area contributed by atoms with Gasteiger partial charge in [-0.15, -0.1) is 24.8 Å². The summed E-state index contributed by atoms with van der Waals surface area (Å²) < 4.78 is 21.7. The number of aliphatic hydroxyl groups excluding tert-OH is 1. The maximum Gasteiger partial charge on any atom is 0.161 e. The van der Waals surface area contributed by atoms with E-state index in [-0.39, 0.29) is 30.9 Å². The number of aliphatic hydroxyl groups is 1. The Hall–Kier alpha value is -0.800. The van der Waals surface area contributed by atoms with E-state index in [9.17, 15) is 5.11 Å². The minimum atomic E-state index is -0.582. The van der Waals surface area contributed by atoms with Crippen molar-refractivity contribution in [3.8, 4) is 11.5 Å². The summed E-state index contributed by atoms with van der Waals surface area (Å²) in [6.45, 7) is 11.9. The molecule has 1 aromatic rings. The van der Waals surface area contributed by atoms with Crippen LogP contribution in [0.5, 0.6) is 11.5 Å². The molecular formula is C26H50Cl2N2O5. The Bertz CT molecular complexity index is 652. The molecular weight excluding hydrogens is 491 g/mol. The van der Waals surface area contributed by atoms with Crippen molar-refractivity contribution in [3.63, 3.8) is 0 Å². The van der Waals surface area contributed by atoms with E-state index in [2.05, 4.69) is 44.7 Å². The van der Waals surface area contributed by atoms with Gasteiger partial charge in [-0.2, -0.15) is 0 Å². The van der Waals surface area contributed by atoms with E-state index in [4.69, 9.17) is 24.7 Å². The van der Waals surface area contributed by atoms with Gasteiger partial charge in [0.15, 0.2) is 11.5 Å². The van der Waals surface area contributed by atoms with Gasteiger partial charge in [-0.3, -0.25) is 4.90 Å². The normalized spacial score (nSPS) is 13.8. The van der Waals surface area contributed by atoms with Crippen molar-refractivity contribution in [2.45, 2.75) is 65.1 Å². The van der Waals surface area contributed by atoms with Crippen LogP contribution in [-0.4, -0.2) is 82.4 Å². The lowest BCUT2D eigenvalue weighted by molar-refractivity contribution is 0.0527. The van der Waals surface area contributed by atoms with Crippen LogP contribution in [0.3, 0.4) is 0 Å². The zero-order chi connectivity index (χ0) is 24.8. The molecule has 0 fully saturated rings. The molecule has 0 aromatic heterocycles. The van der Waals surface area contributed by atoms with Crippen molar-refractivity contribution < 1.29 is 24.1 Å². The fourth-order valence-electron chi connectivity index (χ4n) is 3.89. The van der Waals surface area contributed by atoms with Crippen molar-refractivity contribution in [2.75, 3.05) is 54.2 Å². The van der Waals surface area contributed by atoms with Gasteiger partial charge in [0.2, 0.25) is 0 Å². The quantitative estimate of drug-likeness (QED) is 0.270. The maximum absolute atomic E-state index is 10.8. The highest BCUT2D eigenvalue weighted by atomic mass is 35.5. The first-order valence-electron chi connectivity index (χ1n) is 12.2. The van der Waals surface area contributed by atoms with Crippen molar-refractivity contribution in [3.05, 3.63) is 23.8 Å². The highest BCUT2D eigenvalue weighted by Gasteiger charge is 2.25. The number of hydrogen-bond donors (Lipinski definition) is 2. The number of ether oxygens (including phenoxy) is 4. The molecule has 0 spiro atoms. The van der Waals surface area contributed by atoms with Crippen LogP contribution >= 0.6 is 24.8 Å². The van der Waals surface area contributed by atoms with Crippen molar-refractivity contribution in [1.29, 1.82) is 0 Å². The lowest BCUT2D eigenvalue weighted by Gasteiger charge is -2.32. The maximum atomic E-state index is 10.8. The van der Waals surface area contributed by atoms with Crippen LogP contribution in [0.2, 0.25) is 0 Å². The fraction of sp³-hybridized carbons (Fsp3) is 0.769. The van der Waals surface area contributed by atoms with Gasteiger partial charge < -0.3 is 29.8 Å². The molecule has 3 atom stereocenters. The Morgan fingerprint density at radius 2 is 1.60 bits per heavy atom. The van der Waals surface area contributed by atoms with Gasteiger partial charge >= 0.3 is 0 Å². The zero-order valence-electron chi connectivity index (χ0n) is 22.7. The fourth-order valence-corrected chi connectivity index (χ4v) is 3.89. The molecule has 0 saturated carbocycles. The van der Waals surface area contributed by atoms with E-state index in [1.165, 1.54) is 5.56 Å². The Morgan fingerprint density at radius 1 is 0.943 bits per heavy atom. The topological polar surface area (TPSA) is 86.4 Å². The van der Waals surface area contributed by atoms with Gasteiger partial charge in [-0.05, 0) is 56.2 Å². The van der Waals surface area contributed by atoms with Gasteiger partial charge in [0.25, 0.3) is 0 Å². The molecule has 0 aliphatic carbocycles. The second-order valence-electron chi connectivity index (χ2n) is 9.44. The summed E-state index contributed by atoms with van der Waals surface area (Å²) in [5, 5.41) is 10.8. The summed E-state index contributed by atoms with van der Waals surface area (Å²) in [6, 6.07) is 6.15. The van der Waals surface area contributed by atoms with Crippen LogP contribution in [0, 0.1) is 11.8 Å². The monoisotopic (exact) mass is 540 g/mol. The van der Waals surface area contributed by atoms with E-state index in [1.54, 1.807) is 21.3 Å². The first-order valence-corrected chi connectivity index (χ1v) is 12.2. The van der Waals surface area contributed by atoms with Gasteiger partial charge in [0, 0.05) is 52.4 Å². The Balaban J connectivity index is 0. The summed E-state index contributed by atoms with van der Waals surface area (Å²) >= 11 is 0. The molecule has 0 unspecified atom stereocenters. The van der Waals surface area contributed by atoms with Crippen LogP contribution in [0.25, 0.3) is 0 Å². The molecule has 9 heteroatoms. The second-order valence-corrected chi connectivity index (χ2v) is 9.44. The SMILES string of the molecule is COCCCOc1cc(C[C@@H](C[C@H](N)[C@@H](O)CN(CCOC)C(C)C)C(C)C)ccc1OC.Cl.Cl. The molecule has 0 amide bonds. The summed E-state index contributed by atoms with van der Waals surface area (Å²) in [6.07, 6.45) is 1.86. The van der Waals surface area contributed by atoms with Crippen molar-refractivity contribution in [2.24, 2.45) is 17.6 Å². The largest absolute Gasteiger partial charge is 0.493 e. The van der Waals surface area contributed by atoms with Crippen LogP contribution in [0.15, 0.2) is 18.2 Å². The molecule has 0 bridgehead atoms. The predicted octanol–water partition coefficient (Wildman–Crippen LogP) is 4.20. The third-order valence-corrected chi connectivity index (χ3v) is 6.22. The van der Waals surface area contributed by atoms with E-state index in [0.717, 1.165) is 37.3 Å². The lowest BCUT2D eigenvalue weighted by Crippen LogP contribution is -2.47. The molecule has 0 aliphatic rings. The van der Waals surface area contributed by atoms with Gasteiger partial charge in [-0.1, -0.05) is 19.9 Å². The molecule has 0 saturated heterocycles. The number of nitrogens with zero attached hydrogens (tertiary/aromatic N) is 1. The lowest BCUT2D eigenvalue weighted by atomic mass is 9.83. The summed E-state index contributed by atoms with van der Waals surface area (Å²) in [4.78, 5) is 2.22. The number of rotatable bonds is 18. The standard InChI is InChI=1S/C26H48N2O5.2ClH/c1-19(2)22(17-23(27)24(29)18-28(20(3)4)11-14-31-6)15-21-9-10-25(32-7)26(16-21)33-13-8-12-30-5;;/h9-10,16,19-20,22-24,29H,8,11-15,17-18,27H2,1-7H3;2*1H/t22-,23-,24-;;/m0../s1. The van der Waals surface area contributed by atoms with Crippen molar-refractivity contribution >= 4 is 24.8 Å². The van der Waals surface area contributed by atoms with E-state index >= 15 is 0 Å². The first-order chi connectivity index (χ1) is 15.7. The van der Waals surface area contributed by atoms with Crippen LogP contribution in [-0.2, 0) is 15.9 Å². The molecule has 1 aromatic carbocycles. The zero-order valence-corrected chi connectivity index (χ0v) is 24.3. The predicted molar refractivity (Wildman–Crippen MR) is 149 cm³/mol. The highest BCUT2D eigenvalue weighted by molar-refractivity contribution is 5.85. The molecule has 35 heavy (non-hydrogen) atoms. The average molecular weight is 542 g/mol.